The zero-order valence-corrected chi connectivity index (χ0v) is 21.7. The van der Waals surface area contributed by atoms with Crippen molar-refractivity contribution in [3.63, 3.8) is 0 Å². The Morgan fingerprint density at radius 3 is 2.74 bits per heavy atom. The van der Waals surface area contributed by atoms with Gasteiger partial charge in [-0.3, -0.25) is 24.4 Å². The van der Waals surface area contributed by atoms with E-state index in [1.807, 2.05) is 0 Å². The average Bonchev–Trinajstić information content (AvgIpc) is 3.63. The minimum Gasteiger partial charge on any atom is -0.453 e. The number of amides is 4. The number of nitrogens with zero attached hydrogens (tertiary/aromatic N) is 3. The maximum absolute atomic E-state index is 14.3. The Balaban J connectivity index is 1.38. The maximum Gasteiger partial charge on any atom is 0.411 e. The highest BCUT2D eigenvalue weighted by Gasteiger charge is 2.51. The van der Waals surface area contributed by atoms with Gasteiger partial charge in [0.15, 0.2) is 5.69 Å². The lowest BCUT2D eigenvalue weighted by Crippen LogP contribution is -2.53. The third kappa shape index (κ3) is 4.99. The number of carbonyl (C=O) groups excluding carboxylic acids is 4. The standard InChI is InChI=1S/C26H26ClFN6O5/c1-39-26(38)31-15-6-8-17-19(10-15)33(32-22(17)24(29)36)12-20(35)34-16-7-5-13(9-16)23(34)25(37)30-11-14-3-2-4-18(27)21(14)28/h2-4,6,8,10,13,16,23H,5,7,9,11-12H2,1H3,(H2,29,36)(H,30,37)(H,31,38)/t13-,16+,23-/m0/s1. The average molecular weight is 557 g/mol. The van der Waals surface area contributed by atoms with E-state index in [4.69, 9.17) is 17.3 Å². The first-order valence-corrected chi connectivity index (χ1v) is 12.7. The number of primary amides is 1. The van der Waals surface area contributed by atoms with E-state index in [2.05, 4.69) is 20.5 Å². The van der Waals surface area contributed by atoms with Gasteiger partial charge in [0.2, 0.25) is 11.8 Å². The molecule has 1 aromatic heterocycles. The Hall–Kier alpha value is -4.19. The fourth-order valence-corrected chi connectivity index (χ4v) is 5.78. The molecule has 11 nitrogen and oxygen atoms in total. The number of benzene rings is 2. The molecule has 4 N–H and O–H groups in total. The van der Waals surface area contributed by atoms with Crippen molar-refractivity contribution in [3.05, 3.63) is 58.5 Å². The van der Waals surface area contributed by atoms with Crippen molar-refractivity contribution >= 4 is 52.0 Å². The van der Waals surface area contributed by atoms with Gasteiger partial charge in [-0.05, 0) is 49.4 Å². The van der Waals surface area contributed by atoms with Gasteiger partial charge in [0.05, 0.1) is 17.6 Å². The normalized spacial score (nSPS) is 19.8. The molecule has 5 rings (SSSR count). The largest absolute Gasteiger partial charge is 0.453 e. The SMILES string of the molecule is COC(=O)Nc1ccc2c(C(N)=O)nn(CC(=O)N3[C@@H]4CC[C@@H](C4)[C@H]3C(=O)NCc3cccc(Cl)c3F)c2c1. The molecular formula is C26H26ClFN6O5. The van der Waals surface area contributed by atoms with Crippen LogP contribution in [0.4, 0.5) is 14.9 Å². The summed E-state index contributed by atoms with van der Waals surface area (Å²) >= 11 is 5.85. The van der Waals surface area contributed by atoms with Gasteiger partial charge in [-0.1, -0.05) is 23.7 Å². The molecule has 1 saturated heterocycles. The molecule has 0 radical (unpaired) electrons. The number of anilines is 1. The number of rotatable bonds is 7. The monoisotopic (exact) mass is 556 g/mol. The number of carbonyl (C=O) groups is 4. The van der Waals surface area contributed by atoms with Crippen LogP contribution in [-0.2, 0) is 27.4 Å². The van der Waals surface area contributed by atoms with Gasteiger partial charge in [0, 0.05) is 29.2 Å². The second kappa shape index (κ2) is 10.5. The van der Waals surface area contributed by atoms with Crippen molar-refractivity contribution < 1.29 is 28.3 Å². The van der Waals surface area contributed by atoms with Gasteiger partial charge in [-0.2, -0.15) is 5.10 Å². The zero-order chi connectivity index (χ0) is 27.8. The molecule has 3 atom stereocenters. The number of hydrogen-bond acceptors (Lipinski definition) is 6. The number of ether oxygens (including phenoxy) is 1. The molecular weight excluding hydrogens is 531 g/mol. The molecule has 2 aliphatic rings. The summed E-state index contributed by atoms with van der Waals surface area (Å²) < 4.78 is 20.3. The fraction of sp³-hybridized carbons (Fsp3) is 0.346. The molecule has 2 bridgehead atoms. The number of piperidine rings is 1. The van der Waals surface area contributed by atoms with Crippen LogP contribution < -0.4 is 16.4 Å². The van der Waals surface area contributed by atoms with E-state index >= 15 is 0 Å². The molecule has 1 saturated carbocycles. The molecule has 1 aliphatic heterocycles. The van der Waals surface area contributed by atoms with E-state index in [1.165, 1.54) is 23.9 Å². The van der Waals surface area contributed by atoms with Crippen LogP contribution in [0, 0.1) is 11.7 Å². The lowest BCUT2D eigenvalue weighted by molar-refractivity contribution is -0.143. The Kier molecular flexibility index (Phi) is 7.13. The highest BCUT2D eigenvalue weighted by Crippen LogP contribution is 2.42. The third-order valence-electron chi connectivity index (χ3n) is 7.33. The second-order valence-electron chi connectivity index (χ2n) is 9.62. The molecule has 2 fully saturated rings. The minimum atomic E-state index is -0.773. The maximum atomic E-state index is 14.3. The number of fused-ring (bicyclic) bond motifs is 3. The summed E-state index contributed by atoms with van der Waals surface area (Å²) in [6.45, 7) is -0.329. The quantitative estimate of drug-likeness (QED) is 0.407. The molecule has 39 heavy (non-hydrogen) atoms. The van der Waals surface area contributed by atoms with Crippen LogP contribution in [0.5, 0.6) is 0 Å². The van der Waals surface area contributed by atoms with Gasteiger partial charge in [-0.25, -0.2) is 9.18 Å². The van der Waals surface area contributed by atoms with Crippen LogP contribution in [0.15, 0.2) is 36.4 Å². The van der Waals surface area contributed by atoms with Gasteiger partial charge in [-0.15, -0.1) is 0 Å². The Labute approximate surface area is 227 Å². The van der Waals surface area contributed by atoms with Gasteiger partial charge >= 0.3 is 6.09 Å². The van der Waals surface area contributed by atoms with Crippen molar-refractivity contribution in [2.45, 2.75) is 44.4 Å². The van der Waals surface area contributed by atoms with Crippen molar-refractivity contribution in [1.82, 2.24) is 20.0 Å². The first-order chi connectivity index (χ1) is 18.7. The fourth-order valence-electron chi connectivity index (χ4n) is 5.59. The third-order valence-corrected chi connectivity index (χ3v) is 7.62. The first kappa shape index (κ1) is 26.4. The summed E-state index contributed by atoms with van der Waals surface area (Å²) in [5.74, 6) is -2.12. The van der Waals surface area contributed by atoms with Crippen LogP contribution >= 0.6 is 11.6 Å². The highest BCUT2D eigenvalue weighted by atomic mass is 35.5. The van der Waals surface area contributed by atoms with Gasteiger partial charge in [0.25, 0.3) is 5.91 Å². The van der Waals surface area contributed by atoms with Gasteiger partial charge in [0.1, 0.15) is 18.4 Å². The topological polar surface area (TPSA) is 149 Å². The molecule has 204 valence electrons. The molecule has 13 heteroatoms. The molecule has 2 heterocycles. The summed E-state index contributed by atoms with van der Waals surface area (Å²) in [7, 11) is 1.23. The molecule has 4 amide bonds. The van der Waals surface area contributed by atoms with Crippen molar-refractivity contribution in [2.75, 3.05) is 12.4 Å². The predicted molar refractivity (Wildman–Crippen MR) is 139 cm³/mol. The number of likely N-dealkylation sites (tertiary alicyclic amines) is 1. The lowest BCUT2D eigenvalue weighted by atomic mass is 9.97. The molecule has 1 aliphatic carbocycles. The second-order valence-corrected chi connectivity index (χ2v) is 10.0. The Morgan fingerprint density at radius 1 is 1.21 bits per heavy atom. The lowest BCUT2D eigenvalue weighted by Gasteiger charge is -2.34. The summed E-state index contributed by atoms with van der Waals surface area (Å²) in [5.41, 5.74) is 6.49. The van der Waals surface area contributed by atoms with Crippen molar-refractivity contribution in [3.8, 4) is 0 Å². The van der Waals surface area contributed by atoms with Crippen LogP contribution in [0.25, 0.3) is 10.9 Å². The van der Waals surface area contributed by atoms with E-state index in [1.54, 1.807) is 29.2 Å². The first-order valence-electron chi connectivity index (χ1n) is 12.3. The summed E-state index contributed by atoms with van der Waals surface area (Å²) in [6, 6.07) is 8.41. The van der Waals surface area contributed by atoms with E-state index in [0.29, 0.717) is 23.0 Å². The summed E-state index contributed by atoms with van der Waals surface area (Å²) in [4.78, 5) is 52.2. The zero-order valence-electron chi connectivity index (χ0n) is 20.9. The van der Waals surface area contributed by atoms with Crippen LogP contribution in [0.3, 0.4) is 0 Å². The summed E-state index contributed by atoms with van der Waals surface area (Å²) in [6.07, 6.45) is 1.57. The van der Waals surface area contributed by atoms with E-state index in [-0.39, 0.29) is 53.1 Å². The Bertz CT molecular complexity index is 1490. The molecule has 0 spiro atoms. The minimum absolute atomic E-state index is 0.0189. The van der Waals surface area contributed by atoms with E-state index in [0.717, 1.165) is 12.8 Å². The van der Waals surface area contributed by atoms with Gasteiger partial charge < -0.3 is 20.7 Å². The number of halogens is 2. The van der Waals surface area contributed by atoms with Crippen LogP contribution in [-0.4, -0.2) is 57.7 Å². The number of methoxy groups -OCH3 is 1. The van der Waals surface area contributed by atoms with Crippen molar-refractivity contribution in [2.24, 2.45) is 11.7 Å². The number of hydrogen-bond donors (Lipinski definition) is 3. The molecule has 2 aromatic carbocycles. The molecule has 0 unspecified atom stereocenters. The number of nitrogens with two attached hydrogens (primary N) is 1. The van der Waals surface area contributed by atoms with Crippen LogP contribution in [0.1, 0.15) is 35.3 Å². The summed E-state index contributed by atoms with van der Waals surface area (Å²) in [5, 5.41) is 9.92. The number of nitrogens with one attached hydrogen (secondary N) is 2. The van der Waals surface area contributed by atoms with E-state index in [9.17, 15) is 23.6 Å². The van der Waals surface area contributed by atoms with Crippen LogP contribution in [0.2, 0.25) is 5.02 Å². The van der Waals surface area contributed by atoms with Crippen molar-refractivity contribution in [1.29, 1.82) is 0 Å². The molecule has 3 aromatic rings. The smallest absolute Gasteiger partial charge is 0.411 e. The Morgan fingerprint density at radius 2 is 2.00 bits per heavy atom. The van der Waals surface area contributed by atoms with E-state index < -0.39 is 23.9 Å². The predicted octanol–water partition coefficient (Wildman–Crippen LogP) is 2.80. The number of aromatic nitrogens is 2. The highest BCUT2D eigenvalue weighted by molar-refractivity contribution is 6.30.